The lowest BCUT2D eigenvalue weighted by Gasteiger charge is -2.21. The Balaban J connectivity index is 1.83. The van der Waals surface area contributed by atoms with Gasteiger partial charge in [0.25, 0.3) is 0 Å². The summed E-state index contributed by atoms with van der Waals surface area (Å²) in [6.07, 6.45) is -0.414. The maximum Gasteiger partial charge on any atom is 0.419 e. The molecule has 0 saturated carbocycles. The molecule has 0 fully saturated rings. The van der Waals surface area contributed by atoms with Crippen LogP contribution in [0, 0.1) is 0 Å². The minimum absolute atomic E-state index is 0.327. The van der Waals surface area contributed by atoms with Crippen molar-refractivity contribution in [2.45, 2.75) is 33.0 Å². The fraction of sp³-hybridized carbons (Fsp3) is 0.261. The van der Waals surface area contributed by atoms with Crippen LogP contribution in [0.15, 0.2) is 67.2 Å². The van der Waals surface area contributed by atoms with E-state index in [1.165, 1.54) is 0 Å². The van der Waals surface area contributed by atoms with Crippen LogP contribution in [0.25, 0.3) is 16.5 Å². The Kier molecular flexibility index (Phi) is 5.47. The predicted octanol–water partition coefficient (Wildman–Crippen LogP) is 5.65. The van der Waals surface area contributed by atoms with E-state index in [9.17, 15) is 4.79 Å². The molecule has 4 heteroatoms. The molecule has 140 valence electrons. The van der Waals surface area contributed by atoms with Crippen molar-refractivity contribution in [1.29, 1.82) is 0 Å². The van der Waals surface area contributed by atoms with E-state index in [0.717, 1.165) is 22.0 Å². The molecule has 0 aliphatic carbocycles. The first-order valence-corrected chi connectivity index (χ1v) is 8.99. The number of nitrogens with zero attached hydrogens (tertiary/aromatic N) is 1. The zero-order chi connectivity index (χ0) is 19.4. The average molecular weight is 363 g/mol. The second kappa shape index (κ2) is 7.80. The lowest BCUT2D eigenvalue weighted by Crippen LogP contribution is -2.28. The summed E-state index contributed by atoms with van der Waals surface area (Å²) in [4.78, 5) is 12.8. The second-order valence-electron chi connectivity index (χ2n) is 7.49. The van der Waals surface area contributed by atoms with Crippen LogP contribution in [-0.4, -0.2) is 22.9 Å². The largest absolute Gasteiger partial charge is 0.443 e. The number of carbonyl (C=O) groups excluding carboxylic acids is 1. The van der Waals surface area contributed by atoms with Gasteiger partial charge < -0.3 is 9.47 Å². The van der Waals surface area contributed by atoms with Crippen LogP contribution in [0.5, 0.6) is 0 Å². The summed E-state index contributed by atoms with van der Waals surface area (Å²) < 4.78 is 13.0. The molecule has 0 N–H and O–H groups in total. The van der Waals surface area contributed by atoms with E-state index < -0.39 is 11.7 Å². The van der Waals surface area contributed by atoms with Gasteiger partial charge in [-0.15, -0.1) is 0 Å². The van der Waals surface area contributed by atoms with Crippen LogP contribution in [0.2, 0.25) is 0 Å². The molecule has 0 atom stereocenters. The molecule has 3 rings (SSSR count). The summed E-state index contributed by atoms with van der Waals surface area (Å²) in [7, 11) is 0. The fourth-order valence-electron chi connectivity index (χ4n) is 2.86. The summed E-state index contributed by atoms with van der Waals surface area (Å²) >= 11 is 0. The highest BCUT2D eigenvalue weighted by atomic mass is 16.6. The molecule has 27 heavy (non-hydrogen) atoms. The normalized spacial score (nSPS) is 11.5. The minimum atomic E-state index is -0.579. The van der Waals surface area contributed by atoms with Crippen LogP contribution < -0.4 is 0 Å². The van der Waals surface area contributed by atoms with Crippen LogP contribution >= 0.6 is 0 Å². The van der Waals surface area contributed by atoms with Gasteiger partial charge in [0.15, 0.2) is 0 Å². The first-order chi connectivity index (χ1) is 12.8. The first-order valence-electron chi connectivity index (χ1n) is 8.99. The SMILES string of the molecule is C=C(COCc1ccccc1)c1cc2ccccc2n1C(=O)OC(C)(C)C. The Morgan fingerprint density at radius 1 is 1.04 bits per heavy atom. The van der Waals surface area contributed by atoms with E-state index in [-0.39, 0.29) is 0 Å². The van der Waals surface area contributed by atoms with Crippen molar-refractivity contribution >= 4 is 22.6 Å². The summed E-state index contributed by atoms with van der Waals surface area (Å²) in [5, 5.41) is 0.961. The molecule has 3 aromatic rings. The number of benzene rings is 2. The Morgan fingerprint density at radius 3 is 2.41 bits per heavy atom. The van der Waals surface area contributed by atoms with Crippen LogP contribution in [-0.2, 0) is 16.1 Å². The van der Waals surface area contributed by atoms with Gasteiger partial charge in [-0.1, -0.05) is 55.1 Å². The number of hydrogen-bond acceptors (Lipinski definition) is 3. The smallest absolute Gasteiger partial charge is 0.419 e. The summed E-state index contributed by atoms with van der Waals surface area (Å²) in [6.45, 7) is 10.5. The van der Waals surface area contributed by atoms with E-state index in [0.29, 0.717) is 18.9 Å². The molecule has 0 aliphatic heterocycles. The van der Waals surface area contributed by atoms with Crippen molar-refractivity contribution in [2.24, 2.45) is 0 Å². The number of rotatable bonds is 5. The Labute approximate surface area is 160 Å². The molecule has 4 nitrogen and oxygen atoms in total. The zero-order valence-corrected chi connectivity index (χ0v) is 16.1. The highest BCUT2D eigenvalue weighted by Crippen LogP contribution is 2.26. The van der Waals surface area contributed by atoms with E-state index in [4.69, 9.17) is 9.47 Å². The van der Waals surface area contributed by atoms with Crippen molar-refractivity contribution in [1.82, 2.24) is 4.57 Å². The molecule has 0 saturated heterocycles. The van der Waals surface area contributed by atoms with Crippen molar-refractivity contribution in [3.63, 3.8) is 0 Å². The zero-order valence-electron chi connectivity index (χ0n) is 16.1. The maximum absolute atomic E-state index is 12.8. The number of ether oxygens (including phenoxy) is 2. The van der Waals surface area contributed by atoms with Crippen molar-refractivity contribution in [3.05, 3.63) is 78.5 Å². The second-order valence-corrected chi connectivity index (χ2v) is 7.49. The molecule has 2 aromatic carbocycles. The number of para-hydroxylation sites is 1. The van der Waals surface area contributed by atoms with Crippen molar-refractivity contribution < 1.29 is 14.3 Å². The van der Waals surface area contributed by atoms with E-state index in [2.05, 4.69) is 6.58 Å². The summed E-state index contributed by atoms with van der Waals surface area (Å²) in [5.74, 6) is 0. The number of hydrogen-bond donors (Lipinski definition) is 0. The Hall–Kier alpha value is -2.85. The van der Waals surface area contributed by atoms with Gasteiger partial charge >= 0.3 is 6.09 Å². The standard InChI is InChI=1S/C23H25NO3/c1-17(15-26-16-18-10-6-5-7-11-18)21-14-19-12-8-9-13-20(19)24(21)22(25)27-23(2,3)4/h5-14H,1,15-16H2,2-4H3. The molecule has 0 radical (unpaired) electrons. The van der Waals surface area contributed by atoms with Crippen molar-refractivity contribution in [2.75, 3.05) is 6.61 Å². The third-order valence-electron chi connectivity index (χ3n) is 4.04. The lowest BCUT2D eigenvalue weighted by molar-refractivity contribution is 0.0542. The third kappa shape index (κ3) is 4.66. The highest BCUT2D eigenvalue weighted by molar-refractivity contribution is 5.94. The topological polar surface area (TPSA) is 40.5 Å². The number of carbonyl (C=O) groups is 1. The van der Waals surface area contributed by atoms with Gasteiger partial charge in [-0.25, -0.2) is 9.36 Å². The Morgan fingerprint density at radius 2 is 1.70 bits per heavy atom. The maximum atomic E-state index is 12.8. The van der Waals surface area contributed by atoms with Gasteiger partial charge in [-0.2, -0.15) is 0 Å². The molecule has 1 aromatic heterocycles. The molecule has 0 unspecified atom stereocenters. The lowest BCUT2D eigenvalue weighted by atomic mass is 10.2. The molecule has 0 spiro atoms. The molecule has 1 heterocycles. The van der Waals surface area contributed by atoms with E-state index in [1.807, 2.05) is 81.4 Å². The summed E-state index contributed by atoms with van der Waals surface area (Å²) in [5.41, 5.74) is 2.75. The van der Waals surface area contributed by atoms with E-state index >= 15 is 0 Å². The number of fused-ring (bicyclic) bond motifs is 1. The predicted molar refractivity (Wildman–Crippen MR) is 109 cm³/mol. The molecule has 0 bridgehead atoms. The van der Waals surface area contributed by atoms with Crippen LogP contribution in [0.1, 0.15) is 32.0 Å². The van der Waals surface area contributed by atoms with Crippen LogP contribution in [0.3, 0.4) is 0 Å². The monoisotopic (exact) mass is 363 g/mol. The average Bonchev–Trinajstić information content (AvgIpc) is 3.01. The first kappa shape index (κ1) is 18.9. The van der Waals surface area contributed by atoms with Crippen LogP contribution in [0.4, 0.5) is 4.79 Å². The Bertz CT molecular complexity index is 949. The van der Waals surface area contributed by atoms with Gasteiger partial charge in [-0.05, 0) is 44.0 Å². The van der Waals surface area contributed by atoms with Crippen molar-refractivity contribution in [3.8, 4) is 0 Å². The molecular formula is C23H25NO3. The third-order valence-corrected chi connectivity index (χ3v) is 4.04. The van der Waals surface area contributed by atoms with Gasteiger partial charge in [-0.3, -0.25) is 0 Å². The summed E-state index contributed by atoms with van der Waals surface area (Å²) in [6, 6.07) is 19.6. The quantitative estimate of drug-likeness (QED) is 0.588. The molecule has 0 aliphatic rings. The molecule has 0 amide bonds. The van der Waals surface area contributed by atoms with Gasteiger partial charge in [0.1, 0.15) is 5.60 Å². The van der Waals surface area contributed by atoms with Gasteiger partial charge in [0.2, 0.25) is 0 Å². The number of aromatic nitrogens is 1. The minimum Gasteiger partial charge on any atom is -0.443 e. The van der Waals surface area contributed by atoms with E-state index in [1.54, 1.807) is 4.57 Å². The highest BCUT2D eigenvalue weighted by Gasteiger charge is 2.23. The van der Waals surface area contributed by atoms with Gasteiger partial charge in [0.05, 0.1) is 24.4 Å². The fourth-order valence-corrected chi connectivity index (χ4v) is 2.86. The van der Waals surface area contributed by atoms with Gasteiger partial charge in [0, 0.05) is 5.39 Å². The molecular weight excluding hydrogens is 338 g/mol.